The lowest BCUT2D eigenvalue weighted by Gasteiger charge is -2.15. The molecule has 0 fully saturated rings. The fourth-order valence-electron chi connectivity index (χ4n) is 1.67. The van der Waals surface area contributed by atoms with Crippen LogP contribution >= 0.6 is 0 Å². The predicted molar refractivity (Wildman–Crippen MR) is 75.2 cm³/mol. The van der Waals surface area contributed by atoms with Gasteiger partial charge in [-0.05, 0) is 38.8 Å². The summed E-state index contributed by atoms with van der Waals surface area (Å²) < 4.78 is 5.51. The van der Waals surface area contributed by atoms with Crippen LogP contribution in [-0.4, -0.2) is 23.7 Å². The molecule has 106 valence electrons. The van der Waals surface area contributed by atoms with E-state index >= 15 is 0 Å². The van der Waals surface area contributed by atoms with E-state index in [0.717, 1.165) is 12.0 Å². The zero-order valence-electron chi connectivity index (χ0n) is 12.1. The first-order valence-electron chi connectivity index (χ1n) is 6.64. The molecule has 0 aliphatic carbocycles. The van der Waals surface area contributed by atoms with Crippen molar-refractivity contribution in [3.63, 3.8) is 0 Å². The number of aliphatic hydroxyl groups is 1. The number of aryl methyl sites for hydroxylation is 1. The summed E-state index contributed by atoms with van der Waals surface area (Å²) in [5.74, 6) is 0.418. The van der Waals surface area contributed by atoms with E-state index in [-0.39, 0.29) is 18.6 Å². The van der Waals surface area contributed by atoms with E-state index in [0.29, 0.717) is 11.3 Å². The highest BCUT2D eigenvalue weighted by atomic mass is 16.5. The average Bonchev–Trinajstić information content (AvgIpc) is 2.35. The molecule has 2 atom stereocenters. The second kappa shape index (κ2) is 7.14. The minimum absolute atomic E-state index is 0.0342. The van der Waals surface area contributed by atoms with E-state index in [2.05, 4.69) is 5.32 Å². The topological polar surface area (TPSA) is 58.6 Å². The molecule has 0 radical (unpaired) electrons. The van der Waals surface area contributed by atoms with Crippen molar-refractivity contribution in [1.82, 2.24) is 5.32 Å². The number of nitrogens with one attached hydrogen (secondary N) is 1. The Bertz CT molecular complexity index is 429. The molecule has 1 aromatic rings. The first-order valence-corrected chi connectivity index (χ1v) is 6.64. The molecular formula is C15H23NO3. The molecule has 1 aromatic carbocycles. The van der Waals surface area contributed by atoms with E-state index in [1.807, 2.05) is 39.0 Å². The van der Waals surface area contributed by atoms with Gasteiger partial charge in [-0.2, -0.15) is 0 Å². The molecule has 0 spiro atoms. The molecule has 0 heterocycles. The molecule has 0 bridgehead atoms. The fraction of sp³-hybridized carbons (Fsp3) is 0.533. The van der Waals surface area contributed by atoms with Gasteiger partial charge in [0.15, 0.2) is 6.61 Å². The van der Waals surface area contributed by atoms with E-state index in [1.54, 1.807) is 6.92 Å². The summed E-state index contributed by atoms with van der Waals surface area (Å²) in [5.41, 5.74) is 1.73. The number of carbonyl (C=O) groups is 1. The first kappa shape index (κ1) is 15.5. The SMILES string of the molecule is CCC(C)NC(=O)COc1cc(C)ccc1[C@@H](C)O. The third-order valence-electron chi connectivity index (χ3n) is 3.00. The third kappa shape index (κ3) is 4.91. The highest BCUT2D eigenvalue weighted by Gasteiger charge is 2.12. The van der Waals surface area contributed by atoms with Crippen molar-refractivity contribution >= 4 is 5.91 Å². The smallest absolute Gasteiger partial charge is 0.258 e. The standard InChI is InChI=1S/C15H23NO3/c1-5-11(3)16-15(18)9-19-14-8-10(2)6-7-13(14)12(4)17/h6-8,11-12,17H,5,9H2,1-4H3,(H,16,18)/t11?,12-/m1/s1. The molecule has 0 saturated carbocycles. The number of rotatable bonds is 6. The van der Waals surface area contributed by atoms with Crippen molar-refractivity contribution in [2.45, 2.75) is 46.3 Å². The van der Waals surface area contributed by atoms with Gasteiger partial charge in [-0.15, -0.1) is 0 Å². The Balaban J connectivity index is 2.66. The Morgan fingerprint density at radius 3 is 2.68 bits per heavy atom. The van der Waals surface area contributed by atoms with Crippen LogP contribution in [-0.2, 0) is 4.79 Å². The van der Waals surface area contributed by atoms with E-state index in [9.17, 15) is 9.90 Å². The molecule has 4 heteroatoms. The molecule has 19 heavy (non-hydrogen) atoms. The Kier molecular flexibility index (Phi) is 5.83. The predicted octanol–water partition coefficient (Wildman–Crippen LogP) is 2.34. The van der Waals surface area contributed by atoms with E-state index in [4.69, 9.17) is 4.74 Å². The van der Waals surface area contributed by atoms with Crippen LogP contribution in [0.2, 0.25) is 0 Å². The number of hydrogen-bond acceptors (Lipinski definition) is 3. The Labute approximate surface area is 114 Å². The maximum atomic E-state index is 11.7. The van der Waals surface area contributed by atoms with Crippen LogP contribution in [0.4, 0.5) is 0 Å². The summed E-state index contributed by atoms with van der Waals surface area (Å²) in [7, 11) is 0. The molecule has 0 saturated heterocycles. The van der Waals surface area contributed by atoms with E-state index in [1.165, 1.54) is 0 Å². The van der Waals surface area contributed by atoms with Gasteiger partial charge < -0.3 is 15.2 Å². The summed E-state index contributed by atoms with van der Waals surface area (Å²) in [4.78, 5) is 11.7. The minimum Gasteiger partial charge on any atom is -0.483 e. The van der Waals surface area contributed by atoms with Gasteiger partial charge in [-0.3, -0.25) is 4.79 Å². The zero-order chi connectivity index (χ0) is 14.4. The lowest BCUT2D eigenvalue weighted by atomic mass is 10.1. The van der Waals surface area contributed by atoms with Crippen molar-refractivity contribution in [2.75, 3.05) is 6.61 Å². The number of ether oxygens (including phenoxy) is 1. The number of hydrogen-bond donors (Lipinski definition) is 2. The third-order valence-corrected chi connectivity index (χ3v) is 3.00. The molecule has 1 unspecified atom stereocenters. The first-order chi connectivity index (χ1) is 8.93. The fourth-order valence-corrected chi connectivity index (χ4v) is 1.67. The van der Waals surface area contributed by atoms with Crippen LogP contribution in [0.5, 0.6) is 5.75 Å². The van der Waals surface area contributed by atoms with Gasteiger partial charge in [0.05, 0.1) is 6.10 Å². The van der Waals surface area contributed by atoms with Crippen molar-refractivity contribution in [3.05, 3.63) is 29.3 Å². The molecular weight excluding hydrogens is 242 g/mol. The quantitative estimate of drug-likeness (QED) is 0.830. The normalized spacial score (nSPS) is 13.7. The van der Waals surface area contributed by atoms with Gasteiger partial charge in [-0.1, -0.05) is 19.1 Å². The maximum absolute atomic E-state index is 11.7. The highest BCUT2D eigenvalue weighted by Crippen LogP contribution is 2.26. The second-order valence-electron chi connectivity index (χ2n) is 4.88. The average molecular weight is 265 g/mol. The summed E-state index contributed by atoms with van der Waals surface area (Å²) in [6.45, 7) is 7.55. The maximum Gasteiger partial charge on any atom is 0.258 e. The van der Waals surface area contributed by atoms with Crippen LogP contribution in [0.3, 0.4) is 0 Å². The van der Waals surface area contributed by atoms with Crippen LogP contribution in [0.1, 0.15) is 44.4 Å². The molecule has 0 aliphatic rings. The molecule has 4 nitrogen and oxygen atoms in total. The van der Waals surface area contributed by atoms with Crippen molar-refractivity contribution < 1.29 is 14.6 Å². The molecule has 1 amide bonds. The molecule has 2 N–H and O–H groups in total. The summed E-state index contributed by atoms with van der Waals surface area (Å²) in [6.07, 6.45) is 0.267. The largest absolute Gasteiger partial charge is 0.483 e. The lowest BCUT2D eigenvalue weighted by molar-refractivity contribution is -0.123. The van der Waals surface area contributed by atoms with Gasteiger partial charge in [0.2, 0.25) is 0 Å². The zero-order valence-corrected chi connectivity index (χ0v) is 12.1. The number of carbonyl (C=O) groups excluding carboxylic acids is 1. The molecule has 0 aromatic heterocycles. The van der Waals surface area contributed by atoms with Gasteiger partial charge >= 0.3 is 0 Å². The molecule has 1 rings (SSSR count). The van der Waals surface area contributed by atoms with Gasteiger partial charge in [-0.25, -0.2) is 0 Å². The monoisotopic (exact) mass is 265 g/mol. The highest BCUT2D eigenvalue weighted by molar-refractivity contribution is 5.77. The van der Waals surface area contributed by atoms with Crippen LogP contribution in [0, 0.1) is 6.92 Å². The minimum atomic E-state index is -0.617. The van der Waals surface area contributed by atoms with Crippen LogP contribution in [0.15, 0.2) is 18.2 Å². The Morgan fingerprint density at radius 2 is 2.11 bits per heavy atom. The van der Waals surface area contributed by atoms with Crippen molar-refractivity contribution in [3.8, 4) is 5.75 Å². The summed E-state index contributed by atoms with van der Waals surface area (Å²) in [5, 5.41) is 12.5. The molecule has 0 aliphatic heterocycles. The van der Waals surface area contributed by atoms with Crippen molar-refractivity contribution in [2.24, 2.45) is 0 Å². The second-order valence-corrected chi connectivity index (χ2v) is 4.88. The Morgan fingerprint density at radius 1 is 1.42 bits per heavy atom. The van der Waals surface area contributed by atoms with E-state index < -0.39 is 6.10 Å². The summed E-state index contributed by atoms with van der Waals surface area (Å²) >= 11 is 0. The van der Waals surface area contributed by atoms with Crippen LogP contribution < -0.4 is 10.1 Å². The summed E-state index contributed by atoms with van der Waals surface area (Å²) in [6, 6.07) is 5.71. The lowest BCUT2D eigenvalue weighted by Crippen LogP contribution is -2.35. The number of benzene rings is 1. The van der Waals surface area contributed by atoms with Crippen molar-refractivity contribution in [1.29, 1.82) is 0 Å². The Hall–Kier alpha value is -1.55. The van der Waals surface area contributed by atoms with Gasteiger partial charge in [0.25, 0.3) is 5.91 Å². The van der Waals surface area contributed by atoms with Crippen LogP contribution in [0.25, 0.3) is 0 Å². The number of aliphatic hydroxyl groups excluding tert-OH is 1. The number of amides is 1. The van der Waals surface area contributed by atoms with Gasteiger partial charge in [0, 0.05) is 11.6 Å². The van der Waals surface area contributed by atoms with Gasteiger partial charge in [0.1, 0.15) is 5.75 Å².